The predicted octanol–water partition coefficient (Wildman–Crippen LogP) is 4.11. The van der Waals surface area contributed by atoms with Crippen LogP contribution in [-0.2, 0) is 14.8 Å². The second-order valence-electron chi connectivity index (χ2n) is 7.29. The number of aryl methyl sites for hydroxylation is 1. The molecule has 2 aromatic carbocycles. The number of nitrogens with one attached hydrogen (secondary N) is 2. The molecule has 0 aliphatic carbocycles. The Morgan fingerprint density at radius 2 is 1.91 bits per heavy atom. The van der Waals surface area contributed by atoms with E-state index in [0.29, 0.717) is 28.2 Å². The number of anilines is 3. The number of amides is 1. The highest BCUT2D eigenvalue weighted by Crippen LogP contribution is 2.29. The summed E-state index contributed by atoms with van der Waals surface area (Å²) in [7, 11) is -3.53. The van der Waals surface area contributed by atoms with Crippen LogP contribution in [0.25, 0.3) is 0 Å². The molecule has 0 radical (unpaired) electrons. The second-order valence-corrected chi connectivity index (χ2v) is 11.4. The summed E-state index contributed by atoms with van der Waals surface area (Å²) in [5, 5.41) is 14.9. The van der Waals surface area contributed by atoms with Crippen molar-refractivity contribution in [3.8, 4) is 0 Å². The van der Waals surface area contributed by atoms with Crippen LogP contribution in [0.15, 0.2) is 57.8 Å². The lowest BCUT2D eigenvalue weighted by Gasteiger charge is -2.16. The summed E-state index contributed by atoms with van der Waals surface area (Å²) in [6, 6.07) is 14.3. The molecule has 3 aromatic rings. The molecule has 2 heterocycles. The maximum atomic E-state index is 12.7. The van der Waals surface area contributed by atoms with E-state index in [0.717, 1.165) is 24.1 Å². The smallest absolute Gasteiger partial charge is 0.243 e. The van der Waals surface area contributed by atoms with E-state index in [-0.39, 0.29) is 16.6 Å². The van der Waals surface area contributed by atoms with E-state index in [2.05, 4.69) is 20.8 Å². The third-order valence-corrected chi connectivity index (χ3v) is 8.81. The second kappa shape index (κ2) is 9.99. The molecular weight excluding hydrogens is 466 g/mol. The fraction of sp³-hybridized carbons (Fsp3) is 0.286. The molecule has 32 heavy (non-hydrogen) atoms. The molecule has 1 aromatic heterocycles. The quantitative estimate of drug-likeness (QED) is 0.459. The van der Waals surface area contributed by atoms with E-state index in [1.807, 2.05) is 31.2 Å². The maximum Gasteiger partial charge on any atom is 0.243 e. The van der Waals surface area contributed by atoms with Gasteiger partial charge >= 0.3 is 0 Å². The Balaban J connectivity index is 1.33. The molecule has 0 unspecified atom stereocenters. The predicted molar refractivity (Wildman–Crippen MR) is 128 cm³/mol. The Hall–Kier alpha value is -2.47. The van der Waals surface area contributed by atoms with Gasteiger partial charge in [0.25, 0.3) is 0 Å². The number of hydrogen-bond donors (Lipinski definition) is 2. The van der Waals surface area contributed by atoms with E-state index in [1.54, 1.807) is 18.2 Å². The number of sulfonamides is 1. The van der Waals surface area contributed by atoms with Gasteiger partial charge in [0.15, 0.2) is 4.34 Å². The van der Waals surface area contributed by atoms with Gasteiger partial charge in [0.2, 0.25) is 21.1 Å². The monoisotopic (exact) mass is 489 g/mol. The summed E-state index contributed by atoms with van der Waals surface area (Å²) in [6.45, 7) is 3.09. The normalized spacial score (nSPS) is 14.4. The molecule has 0 bridgehead atoms. The van der Waals surface area contributed by atoms with Gasteiger partial charge in [0.1, 0.15) is 0 Å². The van der Waals surface area contributed by atoms with Gasteiger partial charge in [0, 0.05) is 24.5 Å². The van der Waals surface area contributed by atoms with Crippen molar-refractivity contribution in [3.63, 3.8) is 0 Å². The van der Waals surface area contributed by atoms with Crippen molar-refractivity contribution in [1.29, 1.82) is 0 Å². The highest BCUT2D eigenvalue weighted by molar-refractivity contribution is 8.01. The molecule has 8 nitrogen and oxygen atoms in total. The van der Waals surface area contributed by atoms with Gasteiger partial charge in [-0.3, -0.25) is 4.79 Å². The molecule has 1 aliphatic rings. The number of aromatic nitrogens is 2. The first-order valence-corrected chi connectivity index (χ1v) is 13.3. The summed E-state index contributed by atoms with van der Waals surface area (Å²) >= 11 is 2.65. The number of benzene rings is 2. The van der Waals surface area contributed by atoms with Gasteiger partial charge in [0.05, 0.1) is 10.6 Å². The van der Waals surface area contributed by atoms with Crippen molar-refractivity contribution in [2.75, 3.05) is 29.5 Å². The van der Waals surface area contributed by atoms with Crippen molar-refractivity contribution in [2.24, 2.45) is 0 Å². The summed E-state index contributed by atoms with van der Waals surface area (Å²) in [5.74, 6) is -0.100. The number of thioether (sulfide) groups is 1. The molecule has 1 fully saturated rings. The number of para-hydroxylation sites is 1. The minimum Gasteiger partial charge on any atom is -0.330 e. The lowest BCUT2D eigenvalue weighted by Crippen LogP contribution is -2.28. The third kappa shape index (κ3) is 5.47. The van der Waals surface area contributed by atoms with Crippen LogP contribution in [-0.4, -0.2) is 47.7 Å². The van der Waals surface area contributed by atoms with Crippen LogP contribution < -0.4 is 10.6 Å². The van der Waals surface area contributed by atoms with Crippen molar-refractivity contribution in [3.05, 3.63) is 54.1 Å². The van der Waals surface area contributed by atoms with Crippen LogP contribution in [0.1, 0.15) is 18.4 Å². The number of carbonyl (C=O) groups excluding carboxylic acids is 1. The molecular formula is C21H23N5O3S3. The largest absolute Gasteiger partial charge is 0.330 e. The number of carbonyl (C=O) groups is 1. The first-order valence-electron chi connectivity index (χ1n) is 10.1. The lowest BCUT2D eigenvalue weighted by atomic mass is 10.2. The molecule has 1 aliphatic heterocycles. The summed E-state index contributed by atoms with van der Waals surface area (Å²) in [5.41, 5.74) is 2.52. The van der Waals surface area contributed by atoms with Crippen LogP contribution in [0.2, 0.25) is 0 Å². The van der Waals surface area contributed by atoms with Crippen LogP contribution in [0.4, 0.5) is 16.5 Å². The number of nitrogens with zero attached hydrogens (tertiary/aromatic N) is 3. The van der Waals surface area contributed by atoms with E-state index >= 15 is 0 Å². The Kier molecular flexibility index (Phi) is 7.09. The standard InChI is InChI=1S/C21H23N5O3S3/c1-15-7-2-3-10-18(15)23-20-24-25-21(31-20)30-14-19(27)22-16-8-6-9-17(13-16)32(28,29)26-11-4-5-12-26/h2-3,6-10,13H,4-5,11-12,14H2,1H3,(H,22,27)(H,23,24). The zero-order valence-electron chi connectivity index (χ0n) is 17.4. The zero-order chi connectivity index (χ0) is 22.6. The average molecular weight is 490 g/mol. The summed E-state index contributed by atoms with van der Waals surface area (Å²) < 4.78 is 27.6. The minimum atomic E-state index is -3.53. The zero-order valence-corrected chi connectivity index (χ0v) is 19.9. The van der Waals surface area contributed by atoms with E-state index in [4.69, 9.17) is 0 Å². The third-order valence-electron chi connectivity index (χ3n) is 4.94. The van der Waals surface area contributed by atoms with Gasteiger partial charge in [-0.15, -0.1) is 10.2 Å². The molecule has 1 saturated heterocycles. The van der Waals surface area contributed by atoms with Crippen LogP contribution in [0.5, 0.6) is 0 Å². The SMILES string of the molecule is Cc1ccccc1Nc1nnc(SCC(=O)Nc2cccc(S(=O)(=O)N3CCCC3)c2)s1. The molecule has 4 rings (SSSR count). The first-order chi connectivity index (χ1) is 15.4. The Bertz CT molecular complexity index is 1210. The van der Waals surface area contributed by atoms with Crippen LogP contribution >= 0.6 is 23.1 Å². The van der Waals surface area contributed by atoms with Gasteiger partial charge in [-0.1, -0.05) is 47.4 Å². The van der Waals surface area contributed by atoms with Gasteiger partial charge in [-0.25, -0.2) is 8.42 Å². The van der Waals surface area contributed by atoms with Crippen LogP contribution in [0, 0.1) is 6.92 Å². The average Bonchev–Trinajstić information content (AvgIpc) is 3.47. The van der Waals surface area contributed by atoms with Crippen molar-refractivity contribution >= 4 is 55.5 Å². The van der Waals surface area contributed by atoms with Gasteiger partial charge in [-0.05, 0) is 49.6 Å². The molecule has 0 spiro atoms. The van der Waals surface area contributed by atoms with E-state index < -0.39 is 10.0 Å². The number of rotatable bonds is 8. The van der Waals surface area contributed by atoms with Crippen LogP contribution in [0.3, 0.4) is 0 Å². The van der Waals surface area contributed by atoms with Gasteiger partial charge in [-0.2, -0.15) is 4.31 Å². The van der Waals surface area contributed by atoms with Crippen molar-refractivity contribution in [1.82, 2.24) is 14.5 Å². The van der Waals surface area contributed by atoms with E-state index in [1.165, 1.54) is 33.5 Å². The van der Waals surface area contributed by atoms with Gasteiger partial charge < -0.3 is 10.6 Å². The number of hydrogen-bond acceptors (Lipinski definition) is 8. The fourth-order valence-corrected chi connectivity index (χ4v) is 6.41. The first kappa shape index (κ1) is 22.7. The minimum absolute atomic E-state index is 0.141. The summed E-state index contributed by atoms with van der Waals surface area (Å²) in [4.78, 5) is 12.6. The molecule has 2 N–H and O–H groups in total. The molecule has 0 atom stereocenters. The molecule has 1 amide bonds. The van der Waals surface area contributed by atoms with Crippen molar-refractivity contribution in [2.45, 2.75) is 29.0 Å². The highest BCUT2D eigenvalue weighted by atomic mass is 32.2. The lowest BCUT2D eigenvalue weighted by molar-refractivity contribution is -0.113. The Morgan fingerprint density at radius 1 is 1.12 bits per heavy atom. The van der Waals surface area contributed by atoms with Crippen molar-refractivity contribution < 1.29 is 13.2 Å². The van der Waals surface area contributed by atoms with E-state index in [9.17, 15) is 13.2 Å². The molecule has 0 saturated carbocycles. The summed E-state index contributed by atoms with van der Waals surface area (Å²) in [6.07, 6.45) is 1.75. The highest BCUT2D eigenvalue weighted by Gasteiger charge is 2.27. The maximum absolute atomic E-state index is 12.7. The Morgan fingerprint density at radius 3 is 2.69 bits per heavy atom. The Labute approximate surface area is 195 Å². The topological polar surface area (TPSA) is 104 Å². The molecule has 11 heteroatoms. The molecule has 168 valence electrons. The fourth-order valence-electron chi connectivity index (χ4n) is 3.28.